The smallest absolute Gasteiger partial charge is 0.221 e. The van der Waals surface area contributed by atoms with Crippen molar-refractivity contribution in [3.63, 3.8) is 0 Å². The van der Waals surface area contributed by atoms with Crippen LogP contribution in [0.2, 0.25) is 0 Å². The van der Waals surface area contributed by atoms with Crippen molar-refractivity contribution >= 4 is 24.0 Å². The van der Waals surface area contributed by atoms with Crippen LogP contribution in [0.25, 0.3) is 6.08 Å². The molecular weight excluding hydrogens is 252 g/mol. The van der Waals surface area contributed by atoms with E-state index in [-0.39, 0.29) is 5.91 Å². The Kier molecular flexibility index (Phi) is 4.93. The maximum atomic E-state index is 11.6. The van der Waals surface area contributed by atoms with Gasteiger partial charge in [0.1, 0.15) is 6.29 Å². The third-order valence-corrected chi connectivity index (χ3v) is 3.32. The van der Waals surface area contributed by atoms with Crippen LogP contribution in [0.5, 0.6) is 0 Å². The SMILES string of the molecule is CN(CCC(=O)NC1CC1)c1ccc(/C=C/C=O)cc1. The van der Waals surface area contributed by atoms with Gasteiger partial charge in [-0.3, -0.25) is 9.59 Å². The predicted octanol–water partition coefficient (Wildman–Crippen LogP) is 2.00. The van der Waals surface area contributed by atoms with Gasteiger partial charge in [0, 0.05) is 31.7 Å². The van der Waals surface area contributed by atoms with Crippen LogP contribution in [0.1, 0.15) is 24.8 Å². The molecule has 20 heavy (non-hydrogen) atoms. The van der Waals surface area contributed by atoms with Gasteiger partial charge in [-0.1, -0.05) is 18.2 Å². The summed E-state index contributed by atoms with van der Waals surface area (Å²) in [5.41, 5.74) is 2.05. The molecule has 0 aliphatic heterocycles. The summed E-state index contributed by atoms with van der Waals surface area (Å²) in [5.74, 6) is 0.130. The van der Waals surface area contributed by atoms with Crippen molar-refractivity contribution in [1.82, 2.24) is 5.32 Å². The highest BCUT2D eigenvalue weighted by Gasteiger charge is 2.22. The van der Waals surface area contributed by atoms with Gasteiger partial charge in [-0.25, -0.2) is 0 Å². The van der Waals surface area contributed by atoms with E-state index in [0.29, 0.717) is 19.0 Å². The fourth-order valence-electron chi connectivity index (χ4n) is 1.92. The molecule has 0 unspecified atom stereocenters. The number of anilines is 1. The Morgan fingerprint density at radius 1 is 1.35 bits per heavy atom. The number of aldehydes is 1. The van der Waals surface area contributed by atoms with Gasteiger partial charge in [-0.2, -0.15) is 0 Å². The molecule has 4 heteroatoms. The van der Waals surface area contributed by atoms with E-state index < -0.39 is 0 Å². The Balaban J connectivity index is 1.81. The van der Waals surface area contributed by atoms with Gasteiger partial charge in [-0.05, 0) is 36.6 Å². The minimum absolute atomic E-state index is 0.130. The van der Waals surface area contributed by atoms with Crippen LogP contribution < -0.4 is 10.2 Å². The van der Waals surface area contributed by atoms with Crippen LogP contribution >= 0.6 is 0 Å². The van der Waals surface area contributed by atoms with Crippen molar-refractivity contribution in [2.24, 2.45) is 0 Å². The molecule has 1 aromatic carbocycles. The van der Waals surface area contributed by atoms with Gasteiger partial charge in [0.25, 0.3) is 0 Å². The number of hydrogen-bond donors (Lipinski definition) is 1. The van der Waals surface area contributed by atoms with Crippen molar-refractivity contribution in [3.05, 3.63) is 35.9 Å². The van der Waals surface area contributed by atoms with Crippen LogP contribution in [-0.2, 0) is 9.59 Å². The van der Waals surface area contributed by atoms with Crippen LogP contribution in [0.3, 0.4) is 0 Å². The summed E-state index contributed by atoms with van der Waals surface area (Å²) < 4.78 is 0. The third kappa shape index (κ3) is 4.53. The number of rotatable bonds is 7. The zero-order chi connectivity index (χ0) is 14.4. The van der Waals surface area contributed by atoms with E-state index in [1.165, 1.54) is 6.08 Å². The average molecular weight is 272 g/mol. The van der Waals surface area contributed by atoms with E-state index in [0.717, 1.165) is 30.4 Å². The van der Waals surface area contributed by atoms with E-state index in [1.807, 2.05) is 31.3 Å². The number of hydrogen-bond acceptors (Lipinski definition) is 3. The molecule has 106 valence electrons. The number of carbonyl (C=O) groups is 2. The first kappa shape index (κ1) is 14.3. The molecule has 1 aliphatic carbocycles. The number of nitrogens with zero attached hydrogens (tertiary/aromatic N) is 1. The molecule has 0 radical (unpaired) electrons. The lowest BCUT2D eigenvalue weighted by atomic mass is 10.2. The lowest BCUT2D eigenvalue weighted by Gasteiger charge is -2.19. The normalized spacial score (nSPS) is 14.2. The van der Waals surface area contributed by atoms with Crippen LogP contribution in [0, 0.1) is 0 Å². The first-order valence-electron chi connectivity index (χ1n) is 6.91. The molecule has 0 spiro atoms. The van der Waals surface area contributed by atoms with E-state index in [1.54, 1.807) is 6.08 Å². The number of benzene rings is 1. The van der Waals surface area contributed by atoms with Crippen molar-refractivity contribution in [3.8, 4) is 0 Å². The van der Waals surface area contributed by atoms with E-state index in [2.05, 4.69) is 10.2 Å². The van der Waals surface area contributed by atoms with Crippen molar-refractivity contribution in [1.29, 1.82) is 0 Å². The summed E-state index contributed by atoms with van der Waals surface area (Å²) >= 11 is 0. The summed E-state index contributed by atoms with van der Waals surface area (Å²) in [6.07, 6.45) is 6.76. The van der Waals surface area contributed by atoms with Gasteiger partial charge in [0.05, 0.1) is 0 Å². The molecule has 0 saturated heterocycles. The highest BCUT2D eigenvalue weighted by Crippen LogP contribution is 2.19. The topological polar surface area (TPSA) is 49.4 Å². The summed E-state index contributed by atoms with van der Waals surface area (Å²) in [6, 6.07) is 8.32. The van der Waals surface area contributed by atoms with Crippen LogP contribution in [0.15, 0.2) is 30.3 Å². The Morgan fingerprint density at radius 3 is 2.65 bits per heavy atom. The summed E-state index contributed by atoms with van der Waals surface area (Å²) in [4.78, 5) is 23.9. The molecule has 4 nitrogen and oxygen atoms in total. The van der Waals surface area contributed by atoms with Crippen molar-refractivity contribution in [2.45, 2.75) is 25.3 Å². The number of nitrogens with one attached hydrogen (secondary N) is 1. The molecule has 0 aromatic heterocycles. The zero-order valence-corrected chi connectivity index (χ0v) is 11.7. The Morgan fingerprint density at radius 2 is 2.05 bits per heavy atom. The quantitative estimate of drug-likeness (QED) is 0.610. The number of allylic oxidation sites excluding steroid dienone is 1. The van der Waals surface area contributed by atoms with Crippen molar-refractivity contribution in [2.75, 3.05) is 18.5 Å². The lowest BCUT2D eigenvalue weighted by molar-refractivity contribution is -0.121. The second-order valence-electron chi connectivity index (χ2n) is 5.10. The summed E-state index contributed by atoms with van der Waals surface area (Å²) in [6.45, 7) is 0.697. The van der Waals surface area contributed by atoms with Gasteiger partial charge in [0.2, 0.25) is 5.91 Å². The highest BCUT2D eigenvalue weighted by molar-refractivity contribution is 5.77. The summed E-state index contributed by atoms with van der Waals surface area (Å²) in [5, 5.41) is 2.99. The minimum Gasteiger partial charge on any atom is -0.374 e. The molecular formula is C16H20N2O2. The van der Waals surface area contributed by atoms with Gasteiger partial charge in [-0.15, -0.1) is 0 Å². The molecule has 1 amide bonds. The second-order valence-corrected chi connectivity index (χ2v) is 5.10. The Labute approximate surface area is 119 Å². The third-order valence-electron chi connectivity index (χ3n) is 3.32. The fraction of sp³-hybridized carbons (Fsp3) is 0.375. The van der Waals surface area contributed by atoms with Crippen LogP contribution in [-0.4, -0.2) is 31.8 Å². The average Bonchev–Trinajstić information content (AvgIpc) is 3.27. The first-order valence-corrected chi connectivity index (χ1v) is 6.91. The molecule has 2 rings (SSSR count). The minimum atomic E-state index is 0.130. The second kappa shape index (κ2) is 6.89. The maximum absolute atomic E-state index is 11.6. The molecule has 0 heterocycles. The summed E-state index contributed by atoms with van der Waals surface area (Å²) in [7, 11) is 1.97. The number of carbonyl (C=O) groups excluding carboxylic acids is 2. The monoisotopic (exact) mass is 272 g/mol. The molecule has 1 N–H and O–H groups in total. The lowest BCUT2D eigenvalue weighted by Crippen LogP contribution is -2.30. The molecule has 0 atom stereocenters. The van der Waals surface area contributed by atoms with Gasteiger partial charge >= 0.3 is 0 Å². The van der Waals surface area contributed by atoms with Gasteiger partial charge in [0.15, 0.2) is 0 Å². The van der Waals surface area contributed by atoms with Crippen molar-refractivity contribution < 1.29 is 9.59 Å². The molecule has 1 aromatic rings. The molecule has 0 bridgehead atoms. The predicted molar refractivity (Wildman–Crippen MR) is 80.6 cm³/mol. The maximum Gasteiger partial charge on any atom is 0.221 e. The van der Waals surface area contributed by atoms with Crippen LogP contribution in [0.4, 0.5) is 5.69 Å². The molecule has 1 aliphatic rings. The van der Waals surface area contributed by atoms with E-state index >= 15 is 0 Å². The molecule has 1 saturated carbocycles. The van der Waals surface area contributed by atoms with E-state index in [9.17, 15) is 9.59 Å². The standard InChI is InChI=1S/C16H20N2O2/c1-18(11-10-16(20)17-14-6-7-14)15-8-4-13(5-9-15)3-2-12-19/h2-5,8-9,12,14H,6-7,10-11H2,1H3,(H,17,20)/b3-2+. The first-order chi connectivity index (χ1) is 9.69. The largest absolute Gasteiger partial charge is 0.374 e. The van der Waals surface area contributed by atoms with E-state index in [4.69, 9.17) is 0 Å². The Bertz CT molecular complexity index is 490. The number of amides is 1. The Hall–Kier alpha value is -2.10. The fourth-order valence-corrected chi connectivity index (χ4v) is 1.92. The zero-order valence-electron chi connectivity index (χ0n) is 11.7. The molecule has 1 fully saturated rings. The highest BCUT2D eigenvalue weighted by atomic mass is 16.1. The van der Waals surface area contributed by atoms with Gasteiger partial charge < -0.3 is 10.2 Å².